The largest absolute Gasteiger partial charge is 0.350 e. The minimum Gasteiger partial charge on any atom is -0.350 e. The molecule has 0 radical (unpaired) electrons. The van der Waals surface area contributed by atoms with Crippen LogP contribution in [0.3, 0.4) is 0 Å². The summed E-state index contributed by atoms with van der Waals surface area (Å²) in [4.78, 5) is 3.41. The first-order valence-corrected chi connectivity index (χ1v) is 7.29. The van der Waals surface area contributed by atoms with Crippen molar-refractivity contribution < 1.29 is 0 Å². The molecule has 0 bridgehead atoms. The van der Waals surface area contributed by atoms with Gasteiger partial charge in [0.2, 0.25) is 0 Å². The lowest BCUT2D eigenvalue weighted by molar-refractivity contribution is 0.455. The van der Waals surface area contributed by atoms with Gasteiger partial charge in [0.15, 0.2) is 0 Å². The molecule has 0 aliphatic carbocycles. The molecule has 2 N–H and O–H groups in total. The number of rotatable bonds is 5. The summed E-state index contributed by atoms with van der Waals surface area (Å²) in [6, 6.07) is 12.8. The Morgan fingerprint density at radius 3 is 2.84 bits per heavy atom. The van der Waals surface area contributed by atoms with Crippen LogP contribution in [-0.2, 0) is 0 Å². The fourth-order valence-electron chi connectivity index (χ4n) is 2.15. The molecule has 2 unspecified atom stereocenters. The number of benzene rings is 1. The maximum Gasteiger partial charge on any atom is 0.104 e. The highest BCUT2D eigenvalue weighted by Crippen LogP contribution is 2.30. The van der Waals surface area contributed by atoms with E-state index in [0.29, 0.717) is 5.25 Å². The highest BCUT2D eigenvalue weighted by atomic mass is 32.2. The molecule has 4 heteroatoms. The van der Waals surface area contributed by atoms with Gasteiger partial charge in [-0.1, -0.05) is 25.1 Å². The Morgan fingerprint density at radius 2 is 2.21 bits per heavy atom. The van der Waals surface area contributed by atoms with Crippen LogP contribution in [0.4, 0.5) is 0 Å². The molecular formula is C15H19N3S. The highest BCUT2D eigenvalue weighted by Gasteiger charge is 2.24. The molecule has 2 rings (SSSR count). The van der Waals surface area contributed by atoms with Gasteiger partial charge in [0.1, 0.15) is 5.54 Å². The van der Waals surface area contributed by atoms with E-state index in [4.69, 9.17) is 0 Å². The molecule has 2 aromatic rings. The van der Waals surface area contributed by atoms with Crippen molar-refractivity contribution in [1.29, 1.82) is 5.26 Å². The molecular weight excluding hydrogens is 254 g/mol. The Balaban J connectivity index is 2.06. The summed E-state index contributed by atoms with van der Waals surface area (Å²) in [5, 5.41) is 15.0. The average Bonchev–Trinajstić information content (AvgIpc) is 2.80. The van der Waals surface area contributed by atoms with Crippen LogP contribution >= 0.6 is 11.8 Å². The molecule has 100 valence electrons. The lowest BCUT2D eigenvalue weighted by Crippen LogP contribution is -2.40. The monoisotopic (exact) mass is 273 g/mol. The number of nitrogens with one attached hydrogen (secondary N) is 2. The van der Waals surface area contributed by atoms with Crippen LogP contribution in [0.1, 0.15) is 20.3 Å². The summed E-state index contributed by atoms with van der Waals surface area (Å²) >= 11 is 1.78. The van der Waals surface area contributed by atoms with Crippen LogP contribution < -0.4 is 5.32 Å². The Labute approximate surface area is 118 Å². The second-order valence-corrected chi connectivity index (χ2v) is 6.53. The predicted molar refractivity (Wildman–Crippen MR) is 81.3 cm³/mol. The number of aromatic amines is 1. The number of fused-ring (bicyclic) bond motifs is 1. The van der Waals surface area contributed by atoms with Crippen LogP contribution in [-0.4, -0.2) is 22.8 Å². The summed E-state index contributed by atoms with van der Waals surface area (Å²) in [5.41, 5.74) is 0.701. The Kier molecular flexibility index (Phi) is 4.18. The van der Waals surface area contributed by atoms with Gasteiger partial charge in [-0.25, -0.2) is 0 Å². The van der Waals surface area contributed by atoms with Crippen LogP contribution in [0.2, 0.25) is 0 Å². The lowest BCUT2D eigenvalue weighted by Gasteiger charge is -2.24. The molecule has 0 fully saturated rings. The number of nitrogens with zero attached hydrogens (tertiary/aromatic N) is 1. The predicted octanol–water partition coefficient (Wildman–Crippen LogP) is 3.54. The van der Waals surface area contributed by atoms with E-state index in [0.717, 1.165) is 17.0 Å². The van der Waals surface area contributed by atoms with Gasteiger partial charge in [-0.05, 0) is 32.5 Å². The van der Waals surface area contributed by atoms with E-state index in [1.54, 1.807) is 11.8 Å². The highest BCUT2D eigenvalue weighted by molar-refractivity contribution is 7.99. The summed E-state index contributed by atoms with van der Waals surface area (Å²) in [6.07, 6.45) is 0.806. The summed E-state index contributed by atoms with van der Waals surface area (Å²) in [6.45, 7) is 4.10. The molecule has 0 saturated carbocycles. The zero-order valence-corrected chi connectivity index (χ0v) is 12.3. The minimum absolute atomic E-state index is 0.366. The van der Waals surface area contributed by atoms with Gasteiger partial charge >= 0.3 is 0 Å². The third-order valence-electron chi connectivity index (χ3n) is 3.33. The standard InChI is InChI=1S/C15H19N3S/c1-11(9-15(2,10-16)17-3)19-14-8-12-6-4-5-7-13(12)18-14/h4-8,11,17-18H,9H2,1-3H3. The van der Waals surface area contributed by atoms with Crippen molar-refractivity contribution in [2.45, 2.75) is 36.1 Å². The first kappa shape index (κ1) is 14.0. The van der Waals surface area contributed by atoms with Crippen molar-refractivity contribution in [2.24, 2.45) is 0 Å². The second-order valence-electron chi connectivity index (χ2n) is 5.05. The SMILES string of the molecule is CNC(C)(C#N)CC(C)Sc1cc2ccccc2[nH]1. The van der Waals surface area contributed by atoms with Crippen LogP contribution in [0, 0.1) is 11.3 Å². The zero-order valence-electron chi connectivity index (χ0n) is 11.5. The number of hydrogen-bond acceptors (Lipinski definition) is 3. The summed E-state index contributed by atoms with van der Waals surface area (Å²) in [7, 11) is 1.84. The number of hydrogen-bond donors (Lipinski definition) is 2. The number of para-hydroxylation sites is 1. The molecule has 0 amide bonds. The zero-order chi connectivity index (χ0) is 13.9. The number of thioether (sulfide) groups is 1. The van der Waals surface area contributed by atoms with E-state index in [1.807, 2.05) is 26.1 Å². The van der Waals surface area contributed by atoms with Crippen molar-refractivity contribution in [1.82, 2.24) is 10.3 Å². The quantitative estimate of drug-likeness (QED) is 0.819. The third kappa shape index (κ3) is 3.31. The van der Waals surface area contributed by atoms with Gasteiger partial charge in [-0.3, -0.25) is 0 Å². The van der Waals surface area contributed by atoms with Crippen molar-refractivity contribution in [3.8, 4) is 6.07 Å². The molecule has 1 aromatic carbocycles. The first-order valence-electron chi connectivity index (χ1n) is 6.41. The van der Waals surface area contributed by atoms with E-state index >= 15 is 0 Å². The lowest BCUT2D eigenvalue weighted by atomic mass is 9.98. The number of aromatic nitrogens is 1. The molecule has 2 atom stereocenters. The summed E-state index contributed by atoms with van der Waals surface area (Å²) in [5.74, 6) is 0. The fourth-order valence-corrected chi connectivity index (χ4v) is 3.36. The van der Waals surface area contributed by atoms with Crippen molar-refractivity contribution in [2.75, 3.05) is 7.05 Å². The van der Waals surface area contributed by atoms with E-state index in [2.05, 4.69) is 41.5 Å². The molecule has 3 nitrogen and oxygen atoms in total. The molecule has 1 heterocycles. The Morgan fingerprint density at radius 1 is 1.47 bits per heavy atom. The average molecular weight is 273 g/mol. The Hall–Kier alpha value is -1.44. The van der Waals surface area contributed by atoms with Gasteiger partial charge in [0, 0.05) is 16.2 Å². The minimum atomic E-state index is -0.460. The van der Waals surface area contributed by atoms with Crippen molar-refractivity contribution in [3.05, 3.63) is 30.3 Å². The normalized spacial score (nSPS) is 15.9. The van der Waals surface area contributed by atoms with Crippen molar-refractivity contribution in [3.63, 3.8) is 0 Å². The van der Waals surface area contributed by atoms with Gasteiger partial charge in [0.05, 0.1) is 11.1 Å². The van der Waals surface area contributed by atoms with E-state index in [9.17, 15) is 5.26 Å². The number of H-pyrrole nitrogens is 1. The van der Waals surface area contributed by atoms with Crippen LogP contribution in [0.5, 0.6) is 0 Å². The Bertz CT molecular complexity index is 566. The van der Waals surface area contributed by atoms with Crippen LogP contribution in [0.15, 0.2) is 35.4 Å². The van der Waals surface area contributed by atoms with Gasteiger partial charge in [-0.15, -0.1) is 11.8 Å². The molecule has 0 aliphatic heterocycles. The molecule has 1 aromatic heterocycles. The number of nitriles is 1. The van der Waals surface area contributed by atoms with Crippen molar-refractivity contribution >= 4 is 22.7 Å². The van der Waals surface area contributed by atoms with E-state index in [1.165, 1.54) is 5.39 Å². The topological polar surface area (TPSA) is 51.6 Å². The van der Waals surface area contributed by atoms with Gasteiger partial charge in [-0.2, -0.15) is 5.26 Å². The van der Waals surface area contributed by atoms with E-state index < -0.39 is 5.54 Å². The summed E-state index contributed by atoms with van der Waals surface area (Å²) < 4.78 is 0. The molecule has 0 spiro atoms. The molecule has 19 heavy (non-hydrogen) atoms. The maximum atomic E-state index is 9.19. The third-order valence-corrected chi connectivity index (χ3v) is 4.37. The molecule has 0 saturated heterocycles. The van der Waals surface area contributed by atoms with Crippen LogP contribution in [0.25, 0.3) is 10.9 Å². The van der Waals surface area contributed by atoms with Gasteiger partial charge < -0.3 is 10.3 Å². The van der Waals surface area contributed by atoms with Gasteiger partial charge in [0.25, 0.3) is 0 Å². The second kappa shape index (κ2) is 5.68. The first-order chi connectivity index (χ1) is 9.06. The maximum absolute atomic E-state index is 9.19. The molecule has 0 aliphatic rings. The fraction of sp³-hybridized carbons (Fsp3) is 0.400. The van der Waals surface area contributed by atoms with E-state index in [-0.39, 0.29) is 0 Å². The smallest absolute Gasteiger partial charge is 0.104 e.